The lowest BCUT2D eigenvalue weighted by Crippen LogP contribution is -2.29. The van der Waals surface area contributed by atoms with E-state index in [1.165, 1.54) is 4.31 Å². The normalized spacial score (nSPS) is 12.3. The van der Waals surface area contributed by atoms with Crippen molar-refractivity contribution in [3.8, 4) is 0 Å². The van der Waals surface area contributed by atoms with Gasteiger partial charge in [0.15, 0.2) is 0 Å². The fourth-order valence-corrected chi connectivity index (χ4v) is 3.57. The van der Waals surface area contributed by atoms with Crippen LogP contribution in [0.15, 0.2) is 4.90 Å². The second-order valence-corrected chi connectivity index (χ2v) is 6.92. The minimum absolute atomic E-state index is 0.0941. The van der Waals surface area contributed by atoms with Crippen LogP contribution in [0.25, 0.3) is 0 Å². The van der Waals surface area contributed by atoms with Crippen LogP contribution in [-0.2, 0) is 16.6 Å². The van der Waals surface area contributed by atoms with Gasteiger partial charge in [0.25, 0.3) is 0 Å². The van der Waals surface area contributed by atoms with E-state index in [0.717, 1.165) is 12.2 Å². The Kier molecular flexibility index (Phi) is 5.64. The van der Waals surface area contributed by atoms with Crippen LogP contribution in [0, 0.1) is 6.92 Å². The van der Waals surface area contributed by atoms with Crippen LogP contribution in [0.3, 0.4) is 0 Å². The summed E-state index contributed by atoms with van der Waals surface area (Å²) in [5.74, 6) is 0.914. The number of hydrogen-bond donors (Lipinski definition) is 2. The van der Waals surface area contributed by atoms with Crippen molar-refractivity contribution in [2.75, 3.05) is 25.6 Å². The molecule has 0 aromatic carbocycles. The SMILES string of the molecule is CSCCCN(C)S(=O)(=O)c1c(CO)n[nH]c1C. The molecule has 0 atom stereocenters. The highest BCUT2D eigenvalue weighted by Gasteiger charge is 2.27. The van der Waals surface area contributed by atoms with E-state index in [1.54, 1.807) is 25.7 Å². The summed E-state index contributed by atoms with van der Waals surface area (Å²) in [6, 6.07) is 0. The van der Waals surface area contributed by atoms with Gasteiger partial charge >= 0.3 is 0 Å². The first-order valence-corrected chi connectivity index (χ1v) is 8.38. The van der Waals surface area contributed by atoms with Gasteiger partial charge in [-0.05, 0) is 25.4 Å². The molecule has 0 amide bonds. The van der Waals surface area contributed by atoms with E-state index < -0.39 is 16.6 Å². The molecule has 0 aliphatic carbocycles. The van der Waals surface area contributed by atoms with Crippen LogP contribution in [-0.4, -0.2) is 53.6 Å². The van der Waals surface area contributed by atoms with Crippen molar-refractivity contribution >= 4 is 21.8 Å². The van der Waals surface area contributed by atoms with Gasteiger partial charge in [0.2, 0.25) is 10.0 Å². The number of aryl methyl sites for hydroxylation is 1. The molecule has 8 heteroatoms. The summed E-state index contributed by atoms with van der Waals surface area (Å²) in [7, 11) is -2.03. The van der Waals surface area contributed by atoms with Gasteiger partial charge in [0.05, 0.1) is 12.3 Å². The Bertz CT molecular complexity index is 485. The van der Waals surface area contributed by atoms with E-state index in [1.807, 2.05) is 6.26 Å². The maximum atomic E-state index is 12.3. The Morgan fingerprint density at radius 2 is 2.17 bits per heavy atom. The highest BCUT2D eigenvalue weighted by Crippen LogP contribution is 2.21. The Labute approximate surface area is 112 Å². The molecular formula is C10H19N3O3S2. The number of aromatic amines is 1. The first-order chi connectivity index (χ1) is 8.45. The molecule has 0 bridgehead atoms. The summed E-state index contributed by atoms with van der Waals surface area (Å²) in [4.78, 5) is 0.0941. The monoisotopic (exact) mass is 293 g/mol. The topological polar surface area (TPSA) is 86.3 Å². The van der Waals surface area contributed by atoms with Gasteiger partial charge in [0, 0.05) is 13.6 Å². The lowest BCUT2D eigenvalue weighted by Gasteiger charge is -2.17. The number of sulfonamides is 1. The molecule has 1 aromatic rings. The van der Waals surface area contributed by atoms with E-state index in [-0.39, 0.29) is 10.6 Å². The van der Waals surface area contributed by atoms with E-state index in [4.69, 9.17) is 5.11 Å². The Hall–Kier alpha value is -0.570. The summed E-state index contributed by atoms with van der Waals surface area (Å²) in [6.45, 7) is 1.70. The molecule has 2 N–H and O–H groups in total. The summed E-state index contributed by atoms with van der Waals surface area (Å²) in [5.41, 5.74) is 0.625. The predicted octanol–water partition coefficient (Wildman–Crippen LogP) is 0.584. The first-order valence-electron chi connectivity index (χ1n) is 5.55. The van der Waals surface area contributed by atoms with E-state index in [2.05, 4.69) is 10.2 Å². The molecular weight excluding hydrogens is 274 g/mol. The Balaban J connectivity index is 2.94. The Morgan fingerprint density at radius 3 is 2.72 bits per heavy atom. The van der Waals surface area contributed by atoms with Crippen LogP contribution in [0.1, 0.15) is 17.8 Å². The average Bonchev–Trinajstić information content (AvgIpc) is 2.71. The van der Waals surface area contributed by atoms with Crippen LogP contribution >= 0.6 is 11.8 Å². The maximum Gasteiger partial charge on any atom is 0.246 e. The predicted molar refractivity (Wildman–Crippen MR) is 72.1 cm³/mol. The van der Waals surface area contributed by atoms with Gasteiger partial charge in [-0.2, -0.15) is 16.9 Å². The molecule has 0 radical (unpaired) electrons. The van der Waals surface area contributed by atoms with E-state index >= 15 is 0 Å². The number of nitrogens with one attached hydrogen (secondary N) is 1. The number of rotatable bonds is 7. The van der Waals surface area contributed by atoms with Gasteiger partial charge in [-0.1, -0.05) is 0 Å². The molecule has 0 spiro atoms. The molecule has 0 unspecified atom stereocenters. The molecule has 1 rings (SSSR count). The van der Waals surface area contributed by atoms with Crippen LogP contribution < -0.4 is 0 Å². The van der Waals surface area contributed by atoms with E-state index in [9.17, 15) is 8.42 Å². The third kappa shape index (κ3) is 3.25. The quantitative estimate of drug-likeness (QED) is 0.718. The van der Waals surface area contributed by atoms with Crippen molar-refractivity contribution in [2.45, 2.75) is 24.8 Å². The van der Waals surface area contributed by atoms with Crippen LogP contribution in [0.2, 0.25) is 0 Å². The molecule has 6 nitrogen and oxygen atoms in total. The number of aliphatic hydroxyl groups is 1. The number of aromatic nitrogens is 2. The summed E-state index contributed by atoms with van der Waals surface area (Å²) in [5, 5.41) is 15.5. The number of nitrogens with zero attached hydrogens (tertiary/aromatic N) is 2. The second kappa shape index (κ2) is 6.55. The van der Waals surface area contributed by atoms with Crippen molar-refractivity contribution in [2.24, 2.45) is 0 Å². The minimum atomic E-state index is -3.58. The highest BCUT2D eigenvalue weighted by atomic mass is 32.2. The lowest BCUT2D eigenvalue weighted by molar-refractivity contribution is 0.273. The third-order valence-corrected chi connectivity index (χ3v) is 5.36. The third-order valence-electron chi connectivity index (χ3n) is 2.60. The second-order valence-electron chi connectivity index (χ2n) is 3.96. The average molecular weight is 293 g/mol. The van der Waals surface area contributed by atoms with E-state index in [0.29, 0.717) is 12.2 Å². The zero-order chi connectivity index (χ0) is 13.8. The first kappa shape index (κ1) is 15.5. The fraction of sp³-hybridized carbons (Fsp3) is 0.700. The molecule has 1 heterocycles. The largest absolute Gasteiger partial charge is 0.390 e. The van der Waals surface area contributed by atoms with Crippen molar-refractivity contribution in [1.82, 2.24) is 14.5 Å². The van der Waals surface area contributed by atoms with Gasteiger partial charge in [-0.25, -0.2) is 12.7 Å². The van der Waals surface area contributed by atoms with Gasteiger partial charge in [0.1, 0.15) is 10.6 Å². The number of aliphatic hydroxyl groups excluding tert-OH is 1. The Morgan fingerprint density at radius 1 is 1.50 bits per heavy atom. The summed E-state index contributed by atoms with van der Waals surface area (Å²) >= 11 is 1.68. The molecule has 0 fully saturated rings. The maximum absolute atomic E-state index is 12.3. The molecule has 18 heavy (non-hydrogen) atoms. The molecule has 104 valence electrons. The van der Waals surface area contributed by atoms with Gasteiger partial charge < -0.3 is 5.11 Å². The minimum Gasteiger partial charge on any atom is -0.390 e. The summed E-state index contributed by atoms with van der Waals surface area (Å²) < 4.78 is 26.0. The lowest BCUT2D eigenvalue weighted by atomic mass is 10.4. The molecule has 1 aromatic heterocycles. The van der Waals surface area contributed by atoms with Crippen molar-refractivity contribution in [1.29, 1.82) is 0 Å². The molecule has 0 aliphatic heterocycles. The van der Waals surface area contributed by atoms with Crippen LogP contribution in [0.4, 0.5) is 0 Å². The number of hydrogen-bond acceptors (Lipinski definition) is 5. The smallest absolute Gasteiger partial charge is 0.246 e. The van der Waals surface area contributed by atoms with Crippen LogP contribution in [0.5, 0.6) is 0 Å². The highest BCUT2D eigenvalue weighted by molar-refractivity contribution is 7.98. The number of H-pyrrole nitrogens is 1. The molecule has 0 saturated heterocycles. The summed E-state index contributed by atoms with van der Waals surface area (Å²) in [6.07, 6.45) is 2.78. The zero-order valence-corrected chi connectivity index (χ0v) is 12.4. The van der Waals surface area contributed by atoms with Crippen molar-refractivity contribution in [3.05, 3.63) is 11.4 Å². The van der Waals surface area contributed by atoms with Gasteiger partial charge in [-0.3, -0.25) is 5.10 Å². The number of thioether (sulfide) groups is 1. The fourth-order valence-electron chi connectivity index (χ4n) is 1.63. The molecule has 0 saturated carbocycles. The van der Waals surface area contributed by atoms with Crippen molar-refractivity contribution in [3.63, 3.8) is 0 Å². The zero-order valence-electron chi connectivity index (χ0n) is 10.8. The standard InChI is InChI=1S/C10H19N3O3S2/c1-8-10(9(7-14)12-11-8)18(15,16)13(2)5-4-6-17-3/h14H,4-7H2,1-3H3,(H,11,12). The van der Waals surface area contributed by atoms with Gasteiger partial charge in [-0.15, -0.1) is 0 Å². The van der Waals surface area contributed by atoms with Crippen molar-refractivity contribution < 1.29 is 13.5 Å². The molecule has 0 aliphatic rings.